The normalized spacial score (nSPS) is 11.9. The van der Waals surface area contributed by atoms with E-state index < -0.39 is 11.3 Å². The van der Waals surface area contributed by atoms with Crippen molar-refractivity contribution in [1.82, 2.24) is 0 Å². The highest BCUT2D eigenvalue weighted by atomic mass is 35.5. The summed E-state index contributed by atoms with van der Waals surface area (Å²) in [4.78, 5) is 22.5. The molecule has 4 nitrogen and oxygen atoms in total. The topological polar surface area (TPSA) is 63.6 Å². The van der Waals surface area contributed by atoms with Crippen LogP contribution < -0.4 is 0 Å². The molecule has 1 aromatic carbocycles. The number of Topliss-reactive ketones (excluding diaryl/α,β-unsaturated/α-hetero) is 1. The second-order valence-corrected chi connectivity index (χ2v) is 3.90. The van der Waals surface area contributed by atoms with Crippen molar-refractivity contribution in [2.45, 2.75) is 19.2 Å². The predicted octanol–water partition coefficient (Wildman–Crippen LogP) is 2.44. The predicted molar refractivity (Wildman–Crippen MR) is 63.3 cm³/mol. The second kappa shape index (κ2) is 5.68. The number of phenols is 1. The molecule has 0 aliphatic heterocycles. The van der Waals surface area contributed by atoms with E-state index in [1.807, 2.05) is 0 Å². The average molecular weight is 257 g/mol. The Kier molecular flexibility index (Phi) is 4.52. The number of carbonyl (C=O) groups excluding carboxylic acids is 2. The number of rotatable bonds is 4. The van der Waals surface area contributed by atoms with Gasteiger partial charge in [-0.15, -0.1) is 11.6 Å². The van der Waals surface area contributed by atoms with Crippen LogP contribution in [0.5, 0.6) is 5.75 Å². The number of benzene rings is 1. The molecular formula is C12H13ClO4. The van der Waals surface area contributed by atoms with E-state index in [1.165, 1.54) is 25.1 Å². The van der Waals surface area contributed by atoms with Crippen LogP contribution in [-0.2, 0) is 9.53 Å². The van der Waals surface area contributed by atoms with Crippen LogP contribution in [0.4, 0.5) is 0 Å². The number of phenolic OH excluding ortho intramolecular Hbond substituents is 1. The van der Waals surface area contributed by atoms with E-state index in [0.717, 1.165) is 0 Å². The van der Waals surface area contributed by atoms with Crippen LogP contribution in [0.1, 0.15) is 35.1 Å². The van der Waals surface area contributed by atoms with Crippen LogP contribution >= 0.6 is 11.6 Å². The van der Waals surface area contributed by atoms with E-state index in [4.69, 9.17) is 16.3 Å². The van der Waals surface area contributed by atoms with Gasteiger partial charge < -0.3 is 9.84 Å². The molecule has 5 heteroatoms. The van der Waals surface area contributed by atoms with Gasteiger partial charge in [0.2, 0.25) is 0 Å². The zero-order valence-electron chi connectivity index (χ0n) is 9.57. The van der Waals surface area contributed by atoms with Gasteiger partial charge in [-0.1, -0.05) is 6.07 Å². The van der Waals surface area contributed by atoms with Crippen LogP contribution in [-0.4, -0.2) is 23.5 Å². The van der Waals surface area contributed by atoms with Crippen molar-refractivity contribution < 1.29 is 19.4 Å². The van der Waals surface area contributed by atoms with E-state index >= 15 is 0 Å². The molecule has 0 aliphatic carbocycles. The molecule has 1 N–H and O–H groups in total. The Labute approximate surface area is 104 Å². The van der Waals surface area contributed by atoms with Crippen molar-refractivity contribution in [2.75, 3.05) is 6.61 Å². The van der Waals surface area contributed by atoms with Crippen molar-refractivity contribution in [1.29, 1.82) is 0 Å². The minimum Gasteiger partial charge on any atom is -0.508 e. The fourth-order valence-electron chi connectivity index (χ4n) is 1.32. The number of ketones is 1. The summed E-state index contributed by atoms with van der Waals surface area (Å²) in [7, 11) is 0. The fraction of sp³-hybridized carbons (Fsp3) is 0.333. The summed E-state index contributed by atoms with van der Waals surface area (Å²) in [6.07, 6.45) is 0. The zero-order chi connectivity index (χ0) is 13.0. The molecule has 0 aliphatic rings. The van der Waals surface area contributed by atoms with Gasteiger partial charge in [-0.25, -0.2) is 4.79 Å². The molecule has 1 aromatic rings. The Morgan fingerprint density at radius 1 is 1.47 bits per heavy atom. The maximum absolute atomic E-state index is 11.4. The molecule has 0 saturated carbocycles. The lowest BCUT2D eigenvalue weighted by atomic mass is 10.1. The number of aromatic hydroxyl groups is 1. The van der Waals surface area contributed by atoms with Crippen molar-refractivity contribution in [3.8, 4) is 5.75 Å². The van der Waals surface area contributed by atoms with Crippen molar-refractivity contribution in [3.63, 3.8) is 0 Å². The highest BCUT2D eigenvalue weighted by Gasteiger charge is 2.18. The van der Waals surface area contributed by atoms with Gasteiger partial charge in [0, 0.05) is 5.56 Å². The highest BCUT2D eigenvalue weighted by molar-refractivity contribution is 6.31. The first-order chi connectivity index (χ1) is 7.97. The van der Waals surface area contributed by atoms with Crippen LogP contribution in [0.15, 0.2) is 18.2 Å². The van der Waals surface area contributed by atoms with E-state index in [1.54, 1.807) is 6.92 Å². The van der Waals surface area contributed by atoms with Crippen molar-refractivity contribution >= 4 is 23.4 Å². The number of alkyl halides is 1. The number of esters is 1. The first-order valence-electron chi connectivity index (χ1n) is 5.12. The average Bonchev–Trinajstić information content (AvgIpc) is 2.28. The maximum atomic E-state index is 11.4. The monoisotopic (exact) mass is 256 g/mol. The molecule has 0 bridgehead atoms. The number of hydrogen-bond acceptors (Lipinski definition) is 4. The Balaban J connectivity index is 3.01. The van der Waals surface area contributed by atoms with Gasteiger partial charge in [-0.05, 0) is 26.0 Å². The summed E-state index contributed by atoms with van der Waals surface area (Å²) in [6, 6.07) is 4.15. The lowest BCUT2D eigenvalue weighted by molar-refractivity contribution is -0.116. The summed E-state index contributed by atoms with van der Waals surface area (Å²) in [5, 5.41) is 8.77. The quantitative estimate of drug-likeness (QED) is 0.664. The number of halogens is 1. The lowest BCUT2D eigenvalue weighted by Gasteiger charge is -2.09. The molecular weight excluding hydrogens is 244 g/mol. The minimum atomic E-state index is -0.911. The van der Waals surface area contributed by atoms with Crippen LogP contribution in [0.25, 0.3) is 0 Å². The Morgan fingerprint density at radius 2 is 2.12 bits per heavy atom. The van der Waals surface area contributed by atoms with Gasteiger partial charge in [-0.3, -0.25) is 4.79 Å². The molecule has 0 amide bonds. The van der Waals surface area contributed by atoms with Gasteiger partial charge in [-0.2, -0.15) is 0 Å². The third-order valence-corrected chi connectivity index (χ3v) is 2.71. The molecule has 1 atom stereocenters. The largest absolute Gasteiger partial charge is 0.508 e. The SMILES string of the molecule is CCOC(=O)c1ccc(C(Cl)C(C)=O)c(O)c1. The van der Waals surface area contributed by atoms with Crippen LogP contribution in [0, 0.1) is 0 Å². The van der Waals surface area contributed by atoms with E-state index in [0.29, 0.717) is 0 Å². The standard InChI is InChI=1S/C12H13ClO4/c1-3-17-12(16)8-4-5-9(10(15)6-8)11(13)7(2)14/h4-6,11,15H,3H2,1-2H3. The maximum Gasteiger partial charge on any atom is 0.338 e. The molecule has 0 aromatic heterocycles. The molecule has 0 spiro atoms. The fourth-order valence-corrected chi connectivity index (χ4v) is 1.50. The number of ether oxygens (including phenoxy) is 1. The summed E-state index contributed by atoms with van der Waals surface area (Å²) < 4.78 is 4.78. The van der Waals surface area contributed by atoms with Gasteiger partial charge in [0.25, 0.3) is 0 Å². The summed E-state index contributed by atoms with van der Waals surface area (Å²) in [5.41, 5.74) is 0.507. The van der Waals surface area contributed by atoms with Crippen molar-refractivity contribution in [2.24, 2.45) is 0 Å². The second-order valence-electron chi connectivity index (χ2n) is 3.47. The highest BCUT2D eigenvalue weighted by Crippen LogP contribution is 2.30. The van der Waals surface area contributed by atoms with Crippen LogP contribution in [0.3, 0.4) is 0 Å². The minimum absolute atomic E-state index is 0.189. The van der Waals surface area contributed by atoms with Gasteiger partial charge in [0.05, 0.1) is 12.2 Å². The lowest BCUT2D eigenvalue weighted by Crippen LogP contribution is -2.06. The van der Waals surface area contributed by atoms with Gasteiger partial charge in [0.15, 0.2) is 5.78 Å². The van der Waals surface area contributed by atoms with E-state index in [9.17, 15) is 14.7 Å². The first-order valence-corrected chi connectivity index (χ1v) is 5.55. The Bertz CT molecular complexity index is 442. The molecule has 0 fully saturated rings. The number of carbonyl (C=O) groups is 2. The molecule has 0 heterocycles. The molecule has 1 unspecified atom stereocenters. The number of hydrogen-bond donors (Lipinski definition) is 1. The smallest absolute Gasteiger partial charge is 0.338 e. The first kappa shape index (κ1) is 13.5. The molecule has 17 heavy (non-hydrogen) atoms. The van der Waals surface area contributed by atoms with Crippen LogP contribution in [0.2, 0.25) is 0 Å². The van der Waals surface area contributed by atoms with Crippen molar-refractivity contribution in [3.05, 3.63) is 29.3 Å². The van der Waals surface area contributed by atoms with Gasteiger partial charge in [0.1, 0.15) is 11.1 Å². The van der Waals surface area contributed by atoms with E-state index in [2.05, 4.69) is 0 Å². The Hall–Kier alpha value is -1.55. The summed E-state index contributed by atoms with van der Waals surface area (Å²) in [6.45, 7) is 3.28. The Morgan fingerprint density at radius 3 is 2.59 bits per heavy atom. The molecule has 0 saturated heterocycles. The third-order valence-electron chi connectivity index (χ3n) is 2.17. The third kappa shape index (κ3) is 3.20. The summed E-state index contributed by atoms with van der Waals surface area (Å²) >= 11 is 5.81. The molecule has 92 valence electrons. The summed E-state index contributed by atoms with van der Waals surface area (Å²) in [5.74, 6) is -0.986. The van der Waals surface area contributed by atoms with Gasteiger partial charge >= 0.3 is 5.97 Å². The zero-order valence-corrected chi connectivity index (χ0v) is 10.3. The molecule has 1 rings (SSSR count). The molecule has 0 radical (unpaired) electrons. The van der Waals surface area contributed by atoms with E-state index in [-0.39, 0.29) is 29.3 Å².